The summed E-state index contributed by atoms with van der Waals surface area (Å²) in [6, 6.07) is 3.89. The number of amides is 3. The molecule has 1 aliphatic rings. The predicted octanol–water partition coefficient (Wildman–Crippen LogP) is 0.0754. The molecular formula is C18H25N3O7S. The van der Waals surface area contributed by atoms with Crippen LogP contribution in [0.3, 0.4) is 0 Å². The van der Waals surface area contributed by atoms with Crippen molar-refractivity contribution in [1.29, 1.82) is 0 Å². The first-order valence-corrected chi connectivity index (χ1v) is 10.5. The lowest BCUT2D eigenvalue weighted by Crippen LogP contribution is -2.53. The zero-order chi connectivity index (χ0) is 21.6. The molecule has 0 bridgehead atoms. The lowest BCUT2D eigenvalue weighted by Gasteiger charge is -2.20. The highest BCUT2D eigenvalue weighted by Crippen LogP contribution is 2.27. The molecule has 3 amide bonds. The van der Waals surface area contributed by atoms with Gasteiger partial charge in [-0.2, -0.15) is 0 Å². The maximum Gasteiger partial charge on any atom is 0.329 e. The van der Waals surface area contributed by atoms with Crippen LogP contribution >= 0.6 is 0 Å². The van der Waals surface area contributed by atoms with Crippen LogP contribution in [0.25, 0.3) is 0 Å². The molecule has 0 radical (unpaired) electrons. The van der Waals surface area contributed by atoms with Crippen LogP contribution < -0.4 is 20.1 Å². The number of hydrogen-bond acceptors (Lipinski definition) is 7. The summed E-state index contributed by atoms with van der Waals surface area (Å²) >= 11 is 0. The molecule has 160 valence electrons. The van der Waals surface area contributed by atoms with Gasteiger partial charge in [0, 0.05) is 6.42 Å². The number of methoxy groups -OCH3 is 2. The van der Waals surface area contributed by atoms with Crippen LogP contribution in [0.5, 0.6) is 5.75 Å². The van der Waals surface area contributed by atoms with E-state index in [2.05, 4.69) is 10.6 Å². The summed E-state index contributed by atoms with van der Waals surface area (Å²) in [6.45, 7) is 1.38. The van der Waals surface area contributed by atoms with E-state index >= 15 is 0 Å². The highest BCUT2D eigenvalue weighted by molar-refractivity contribution is 7.90. The largest absolute Gasteiger partial charge is 0.497 e. The fraction of sp³-hybridized carbons (Fsp3) is 0.500. The third-order valence-electron chi connectivity index (χ3n) is 4.34. The number of nitrogens with one attached hydrogen (secondary N) is 3. The Morgan fingerprint density at radius 3 is 2.24 bits per heavy atom. The topological polar surface area (TPSA) is 140 Å². The number of carbonyl (C=O) groups is 3. The minimum Gasteiger partial charge on any atom is -0.497 e. The average Bonchev–Trinajstić information content (AvgIpc) is 3.52. The number of rotatable bonds is 9. The van der Waals surface area contributed by atoms with E-state index in [0.717, 1.165) is 5.56 Å². The molecule has 0 unspecified atom stereocenters. The van der Waals surface area contributed by atoms with Gasteiger partial charge in [-0.05, 0) is 37.5 Å². The monoisotopic (exact) mass is 427 g/mol. The maximum atomic E-state index is 12.4. The number of sulfonamides is 1. The molecule has 11 heteroatoms. The predicted molar refractivity (Wildman–Crippen MR) is 104 cm³/mol. The molecule has 0 heterocycles. The molecule has 0 spiro atoms. The molecule has 3 N–H and O–H groups in total. The van der Waals surface area contributed by atoms with Gasteiger partial charge in [-0.3, -0.25) is 4.79 Å². The second-order valence-corrected chi connectivity index (χ2v) is 8.64. The Morgan fingerprint density at radius 2 is 1.72 bits per heavy atom. The van der Waals surface area contributed by atoms with Crippen molar-refractivity contribution in [2.45, 2.75) is 43.5 Å². The second-order valence-electron chi connectivity index (χ2n) is 6.68. The van der Waals surface area contributed by atoms with Gasteiger partial charge < -0.3 is 20.1 Å². The molecule has 1 aliphatic carbocycles. The SMILES string of the molecule is COC(=O)[C@H](Cc1ccc(OC)cc1)NC(=O)[C@H](C)NC(=O)NS(=O)(=O)C1CC1. The summed E-state index contributed by atoms with van der Waals surface area (Å²) in [5, 5.41) is 4.20. The standard InChI is InChI=1S/C18H25N3O7S/c1-11(19-18(24)21-29(25,26)14-8-9-14)16(22)20-15(17(23)28-3)10-12-4-6-13(27-2)7-5-12/h4-7,11,14-15H,8-10H2,1-3H3,(H,20,22)(H2,19,21,24)/t11-,15-/m0/s1. The van der Waals surface area contributed by atoms with Crippen molar-refractivity contribution >= 4 is 27.9 Å². The summed E-state index contributed by atoms with van der Waals surface area (Å²) in [5.74, 6) is -0.660. The first-order valence-electron chi connectivity index (χ1n) is 8.99. The van der Waals surface area contributed by atoms with E-state index in [9.17, 15) is 22.8 Å². The summed E-state index contributed by atoms with van der Waals surface area (Å²) in [5.41, 5.74) is 0.760. The van der Waals surface area contributed by atoms with Crippen LogP contribution in [-0.4, -0.2) is 57.9 Å². The zero-order valence-electron chi connectivity index (χ0n) is 16.4. The van der Waals surface area contributed by atoms with Gasteiger partial charge in [-0.1, -0.05) is 12.1 Å². The van der Waals surface area contributed by atoms with Gasteiger partial charge in [0.2, 0.25) is 15.9 Å². The molecule has 2 atom stereocenters. The van der Waals surface area contributed by atoms with Crippen LogP contribution in [0.1, 0.15) is 25.3 Å². The molecule has 10 nitrogen and oxygen atoms in total. The van der Waals surface area contributed by atoms with Crippen LogP contribution in [0.2, 0.25) is 0 Å². The van der Waals surface area contributed by atoms with Gasteiger partial charge in [0.1, 0.15) is 17.8 Å². The molecule has 29 heavy (non-hydrogen) atoms. The summed E-state index contributed by atoms with van der Waals surface area (Å²) in [7, 11) is -0.986. The Morgan fingerprint density at radius 1 is 1.10 bits per heavy atom. The van der Waals surface area contributed by atoms with Gasteiger partial charge in [0.05, 0.1) is 19.5 Å². The number of carbonyl (C=O) groups excluding carboxylic acids is 3. The normalized spacial score (nSPS) is 15.6. The fourth-order valence-corrected chi connectivity index (χ4v) is 3.75. The fourth-order valence-electron chi connectivity index (χ4n) is 2.51. The average molecular weight is 427 g/mol. The lowest BCUT2D eigenvalue weighted by atomic mass is 10.1. The molecule has 0 saturated heterocycles. The van der Waals surface area contributed by atoms with Crippen molar-refractivity contribution in [2.24, 2.45) is 0 Å². The van der Waals surface area contributed by atoms with Crippen LogP contribution in [0, 0.1) is 0 Å². The van der Waals surface area contributed by atoms with E-state index in [0.29, 0.717) is 18.6 Å². The third kappa shape index (κ3) is 6.63. The van der Waals surface area contributed by atoms with Crippen molar-refractivity contribution in [3.05, 3.63) is 29.8 Å². The molecule has 1 saturated carbocycles. The van der Waals surface area contributed by atoms with Crippen LogP contribution in [-0.2, 0) is 30.8 Å². The Balaban J connectivity index is 1.95. The number of urea groups is 1. The van der Waals surface area contributed by atoms with E-state index in [1.54, 1.807) is 24.3 Å². The minimum atomic E-state index is -3.72. The van der Waals surface area contributed by atoms with Gasteiger partial charge in [-0.15, -0.1) is 0 Å². The smallest absolute Gasteiger partial charge is 0.329 e. The van der Waals surface area contributed by atoms with Gasteiger partial charge >= 0.3 is 12.0 Å². The van der Waals surface area contributed by atoms with E-state index in [1.807, 2.05) is 4.72 Å². The molecule has 1 aromatic rings. The minimum absolute atomic E-state index is 0.164. The summed E-state index contributed by atoms with van der Waals surface area (Å²) < 4.78 is 35.2. The zero-order valence-corrected chi connectivity index (χ0v) is 17.2. The molecular weight excluding hydrogens is 402 g/mol. The number of benzene rings is 1. The number of hydrogen-bond donors (Lipinski definition) is 3. The quantitative estimate of drug-likeness (QED) is 0.474. The Kier molecular flexibility index (Phi) is 7.43. The molecule has 1 fully saturated rings. The molecule has 0 aromatic heterocycles. The van der Waals surface area contributed by atoms with E-state index in [1.165, 1.54) is 21.1 Å². The highest BCUT2D eigenvalue weighted by atomic mass is 32.2. The third-order valence-corrected chi connectivity index (χ3v) is 6.16. The highest BCUT2D eigenvalue weighted by Gasteiger charge is 2.37. The number of esters is 1. The van der Waals surface area contributed by atoms with Crippen molar-refractivity contribution in [3.8, 4) is 5.75 Å². The van der Waals surface area contributed by atoms with E-state index in [-0.39, 0.29) is 6.42 Å². The molecule has 2 rings (SSSR count). The van der Waals surface area contributed by atoms with Crippen molar-refractivity contribution in [2.75, 3.05) is 14.2 Å². The first kappa shape index (κ1) is 22.5. The Hall–Kier alpha value is -2.82. The summed E-state index contributed by atoms with van der Waals surface area (Å²) in [6.07, 6.45) is 1.17. The van der Waals surface area contributed by atoms with Crippen molar-refractivity contribution < 1.29 is 32.3 Å². The van der Waals surface area contributed by atoms with E-state index in [4.69, 9.17) is 9.47 Å². The van der Waals surface area contributed by atoms with Crippen LogP contribution in [0.4, 0.5) is 4.79 Å². The number of ether oxygens (including phenoxy) is 2. The van der Waals surface area contributed by atoms with Gasteiger partial charge in [-0.25, -0.2) is 22.7 Å². The van der Waals surface area contributed by atoms with Gasteiger partial charge in [0.25, 0.3) is 0 Å². The lowest BCUT2D eigenvalue weighted by molar-refractivity contribution is -0.145. The summed E-state index contributed by atoms with van der Waals surface area (Å²) in [4.78, 5) is 36.3. The maximum absolute atomic E-state index is 12.4. The van der Waals surface area contributed by atoms with Gasteiger partial charge in [0.15, 0.2) is 0 Å². The Bertz CT molecular complexity index is 851. The van der Waals surface area contributed by atoms with Crippen molar-refractivity contribution in [1.82, 2.24) is 15.4 Å². The molecule has 1 aromatic carbocycles. The van der Waals surface area contributed by atoms with Crippen molar-refractivity contribution in [3.63, 3.8) is 0 Å². The second kappa shape index (κ2) is 9.59. The Labute approximate surface area is 169 Å². The van der Waals surface area contributed by atoms with Crippen LogP contribution in [0.15, 0.2) is 24.3 Å². The molecule has 0 aliphatic heterocycles. The van der Waals surface area contributed by atoms with E-state index < -0.39 is 45.3 Å². The first-order chi connectivity index (χ1) is 13.7.